The summed E-state index contributed by atoms with van der Waals surface area (Å²) in [7, 11) is 0. The van der Waals surface area contributed by atoms with E-state index >= 15 is 0 Å². The quantitative estimate of drug-likeness (QED) is 0.194. The van der Waals surface area contributed by atoms with Crippen LogP contribution in [0, 0.1) is 11.6 Å². The highest BCUT2D eigenvalue weighted by atomic mass is 19.1. The van der Waals surface area contributed by atoms with Gasteiger partial charge >= 0.3 is 0 Å². The second kappa shape index (κ2) is 9.16. The van der Waals surface area contributed by atoms with E-state index < -0.39 is 0 Å². The minimum Gasteiger partial charge on any atom is -0.206 e. The normalized spacial score (nSPS) is 13.9. The fourth-order valence-electron chi connectivity index (χ4n) is 7.08. The third-order valence-corrected chi connectivity index (χ3v) is 9.08. The Hall–Kier alpha value is -3.78. The van der Waals surface area contributed by atoms with Crippen LogP contribution < -0.4 is 0 Å². The van der Waals surface area contributed by atoms with Crippen LogP contribution in [-0.4, -0.2) is 0 Å². The van der Waals surface area contributed by atoms with Gasteiger partial charge in [-0.25, -0.2) is 8.78 Å². The van der Waals surface area contributed by atoms with Gasteiger partial charge in [0, 0.05) is 16.2 Å². The summed E-state index contributed by atoms with van der Waals surface area (Å²) in [4.78, 5) is 0. The predicted octanol–water partition coefficient (Wildman–Crippen LogP) is 11.2. The van der Waals surface area contributed by atoms with Crippen LogP contribution in [0.1, 0.15) is 63.5 Å². The van der Waals surface area contributed by atoms with Gasteiger partial charge in [-0.3, -0.25) is 0 Å². The first kappa shape index (κ1) is 24.3. The molecule has 194 valence electrons. The molecule has 1 aliphatic carbocycles. The molecule has 1 aliphatic rings. The van der Waals surface area contributed by atoms with Gasteiger partial charge in [-0.1, -0.05) is 63.8 Å². The zero-order valence-corrected chi connectivity index (χ0v) is 22.6. The van der Waals surface area contributed by atoms with Crippen LogP contribution in [0.25, 0.3) is 54.2 Å². The molecule has 0 saturated heterocycles. The maximum Gasteiger partial charge on any atom is 0.131 e. The predicted molar refractivity (Wildman–Crippen MR) is 162 cm³/mol. The molecule has 0 amide bonds. The molecule has 0 spiro atoms. The van der Waals surface area contributed by atoms with E-state index in [1.807, 2.05) is 24.3 Å². The second-order valence-corrected chi connectivity index (χ2v) is 11.4. The van der Waals surface area contributed by atoms with Crippen molar-refractivity contribution < 1.29 is 8.78 Å². The summed E-state index contributed by atoms with van der Waals surface area (Å²) < 4.78 is 29.5. The van der Waals surface area contributed by atoms with Crippen molar-refractivity contribution in [3.05, 3.63) is 108 Å². The number of rotatable bonds is 6. The molecule has 39 heavy (non-hydrogen) atoms. The van der Waals surface area contributed by atoms with Crippen molar-refractivity contribution in [3.63, 3.8) is 0 Å². The van der Waals surface area contributed by atoms with Crippen molar-refractivity contribution in [2.24, 2.45) is 0 Å². The standard InChI is InChI=1S/C37H32F2/c1-3-5-13-37(14-6-4-2)33-21-25-15-23-9-7-11-35(38)29(23)17-27(25)19-31(33)32-20-28-18-30-24(10-8-12-36(30)39)16-26(28)22-34(32)37/h7-12,15-22H,3-6,13-14H2,1-2H3. The number of hydrogen-bond acceptors (Lipinski definition) is 0. The Morgan fingerprint density at radius 2 is 0.949 bits per heavy atom. The van der Waals surface area contributed by atoms with Crippen molar-refractivity contribution in [2.45, 2.75) is 57.8 Å². The van der Waals surface area contributed by atoms with Gasteiger partial charge in [0.15, 0.2) is 0 Å². The topological polar surface area (TPSA) is 0 Å². The van der Waals surface area contributed by atoms with Crippen molar-refractivity contribution in [1.82, 2.24) is 0 Å². The van der Waals surface area contributed by atoms with E-state index in [-0.39, 0.29) is 17.0 Å². The van der Waals surface area contributed by atoms with Crippen LogP contribution in [0.3, 0.4) is 0 Å². The van der Waals surface area contributed by atoms with Gasteiger partial charge in [0.2, 0.25) is 0 Å². The van der Waals surface area contributed by atoms with Gasteiger partial charge in [-0.05, 0) is 128 Å². The molecular formula is C37H32F2. The molecule has 0 N–H and O–H groups in total. The van der Waals surface area contributed by atoms with E-state index in [0.29, 0.717) is 10.8 Å². The average Bonchev–Trinajstić information content (AvgIpc) is 3.19. The Morgan fingerprint density at radius 3 is 1.38 bits per heavy atom. The van der Waals surface area contributed by atoms with E-state index in [1.54, 1.807) is 12.1 Å². The molecular weight excluding hydrogens is 482 g/mol. The molecule has 0 nitrogen and oxygen atoms in total. The van der Waals surface area contributed by atoms with Gasteiger partial charge in [0.25, 0.3) is 0 Å². The molecule has 7 rings (SSSR count). The summed E-state index contributed by atoms with van der Waals surface area (Å²) in [6, 6.07) is 28.3. The molecule has 0 atom stereocenters. The van der Waals surface area contributed by atoms with Gasteiger partial charge in [-0.2, -0.15) is 0 Å². The molecule has 6 aromatic rings. The molecule has 0 fully saturated rings. The summed E-state index contributed by atoms with van der Waals surface area (Å²) in [6.45, 7) is 4.54. The lowest BCUT2D eigenvalue weighted by Crippen LogP contribution is -2.25. The number of benzene rings is 6. The molecule has 0 unspecified atom stereocenters. The fraction of sp³-hybridized carbons (Fsp3) is 0.243. The summed E-state index contributed by atoms with van der Waals surface area (Å²) in [6.07, 6.45) is 6.81. The molecule has 0 radical (unpaired) electrons. The third kappa shape index (κ3) is 3.68. The van der Waals surface area contributed by atoms with Crippen molar-refractivity contribution in [1.29, 1.82) is 0 Å². The fourth-order valence-corrected chi connectivity index (χ4v) is 7.08. The monoisotopic (exact) mass is 514 g/mol. The van der Waals surface area contributed by atoms with Crippen LogP contribution in [0.15, 0.2) is 84.9 Å². The van der Waals surface area contributed by atoms with E-state index in [0.717, 1.165) is 70.8 Å². The lowest BCUT2D eigenvalue weighted by molar-refractivity contribution is 0.415. The number of hydrogen-bond donors (Lipinski definition) is 0. The molecule has 6 aromatic carbocycles. The molecule has 0 bridgehead atoms. The maximum atomic E-state index is 14.7. The maximum absolute atomic E-state index is 14.7. The summed E-state index contributed by atoms with van der Waals surface area (Å²) in [5, 5.41) is 7.63. The van der Waals surface area contributed by atoms with Crippen molar-refractivity contribution >= 4 is 43.1 Å². The first-order valence-electron chi connectivity index (χ1n) is 14.4. The number of fused-ring (bicyclic) bond motifs is 7. The van der Waals surface area contributed by atoms with Crippen LogP contribution >= 0.6 is 0 Å². The molecule has 0 heterocycles. The minimum atomic E-state index is -0.185. The van der Waals surface area contributed by atoms with E-state index in [2.05, 4.69) is 50.2 Å². The van der Waals surface area contributed by atoms with Crippen molar-refractivity contribution in [2.75, 3.05) is 0 Å². The molecule has 0 aliphatic heterocycles. The van der Waals surface area contributed by atoms with Crippen molar-refractivity contribution in [3.8, 4) is 11.1 Å². The highest BCUT2D eigenvalue weighted by molar-refractivity contribution is 6.05. The Morgan fingerprint density at radius 1 is 0.513 bits per heavy atom. The SMILES string of the molecule is CCCCC1(CCCC)c2cc3cc4cccc(F)c4cc3cc2-c2cc3cc4c(F)cccc4cc3cc21. The largest absolute Gasteiger partial charge is 0.206 e. The summed E-state index contributed by atoms with van der Waals surface area (Å²) in [5.74, 6) is -0.370. The lowest BCUT2D eigenvalue weighted by Gasteiger charge is -2.33. The Labute approximate surface area is 228 Å². The highest BCUT2D eigenvalue weighted by Gasteiger charge is 2.42. The van der Waals surface area contributed by atoms with Crippen LogP contribution in [0.4, 0.5) is 8.78 Å². The first-order chi connectivity index (χ1) is 19.0. The summed E-state index contributed by atoms with van der Waals surface area (Å²) in [5.41, 5.74) is 5.22. The van der Waals surface area contributed by atoms with Gasteiger partial charge in [-0.15, -0.1) is 0 Å². The minimum absolute atomic E-state index is 0.0626. The Balaban J connectivity index is 1.56. The van der Waals surface area contributed by atoms with E-state index in [9.17, 15) is 8.78 Å². The zero-order valence-electron chi connectivity index (χ0n) is 22.6. The van der Waals surface area contributed by atoms with Gasteiger partial charge in [0.05, 0.1) is 0 Å². The van der Waals surface area contributed by atoms with Crippen LogP contribution in [-0.2, 0) is 5.41 Å². The molecule has 0 saturated carbocycles. The smallest absolute Gasteiger partial charge is 0.131 e. The van der Waals surface area contributed by atoms with Gasteiger partial charge < -0.3 is 0 Å². The van der Waals surface area contributed by atoms with Gasteiger partial charge in [0.1, 0.15) is 11.6 Å². The highest BCUT2D eigenvalue weighted by Crippen LogP contribution is 2.56. The lowest BCUT2D eigenvalue weighted by atomic mass is 9.70. The second-order valence-electron chi connectivity index (χ2n) is 11.4. The molecule has 2 heteroatoms. The Kier molecular flexibility index (Phi) is 5.70. The average molecular weight is 515 g/mol. The first-order valence-corrected chi connectivity index (χ1v) is 14.4. The number of halogens is 2. The summed E-state index contributed by atoms with van der Waals surface area (Å²) >= 11 is 0. The number of unbranched alkanes of at least 4 members (excludes halogenated alkanes) is 2. The Bertz CT molecular complexity index is 1770. The van der Waals surface area contributed by atoms with Crippen LogP contribution in [0.2, 0.25) is 0 Å². The molecule has 0 aromatic heterocycles. The van der Waals surface area contributed by atoms with Crippen LogP contribution in [0.5, 0.6) is 0 Å². The van der Waals surface area contributed by atoms with E-state index in [1.165, 1.54) is 34.4 Å². The third-order valence-electron chi connectivity index (χ3n) is 9.08. The zero-order chi connectivity index (χ0) is 26.7. The van der Waals surface area contributed by atoms with E-state index in [4.69, 9.17) is 0 Å².